The van der Waals surface area contributed by atoms with Crippen molar-refractivity contribution in [3.63, 3.8) is 0 Å². The second-order valence-corrected chi connectivity index (χ2v) is 6.84. The van der Waals surface area contributed by atoms with Gasteiger partial charge in [0.15, 0.2) is 0 Å². The highest BCUT2D eigenvalue weighted by Crippen LogP contribution is 2.23. The molecular weight excluding hydrogens is 264 g/mol. The summed E-state index contributed by atoms with van der Waals surface area (Å²) in [6.07, 6.45) is 3.87. The highest BCUT2D eigenvalue weighted by molar-refractivity contribution is 7.89. The Morgan fingerprint density at radius 3 is 2.84 bits per heavy atom. The first kappa shape index (κ1) is 14.2. The average molecular weight is 284 g/mol. The molecule has 1 aromatic heterocycles. The van der Waals surface area contributed by atoms with Gasteiger partial charge in [0.1, 0.15) is 4.90 Å². The van der Waals surface area contributed by atoms with Crippen LogP contribution < -0.4 is 5.32 Å². The van der Waals surface area contributed by atoms with Gasteiger partial charge in [-0.3, -0.25) is 5.10 Å². The number of aromatic nitrogens is 2. The SMILES string of the molecule is C=CCN(C)S(=O)(=O)c1c(CNC2CC2)n[nH]c1C. The minimum Gasteiger partial charge on any atom is -0.308 e. The van der Waals surface area contributed by atoms with E-state index in [1.807, 2.05) is 0 Å². The van der Waals surface area contributed by atoms with Crippen LogP contribution in [0.2, 0.25) is 0 Å². The Kier molecular flexibility index (Phi) is 4.07. The van der Waals surface area contributed by atoms with E-state index in [1.165, 1.54) is 4.31 Å². The summed E-state index contributed by atoms with van der Waals surface area (Å²) in [5.41, 5.74) is 1.13. The normalized spacial score (nSPS) is 15.9. The van der Waals surface area contributed by atoms with E-state index in [0.717, 1.165) is 12.8 Å². The van der Waals surface area contributed by atoms with Crippen LogP contribution in [-0.4, -0.2) is 42.6 Å². The van der Waals surface area contributed by atoms with E-state index < -0.39 is 10.0 Å². The molecule has 0 aromatic carbocycles. The average Bonchev–Trinajstić information content (AvgIpc) is 3.10. The third-order valence-corrected chi connectivity index (χ3v) is 5.18. The summed E-state index contributed by atoms with van der Waals surface area (Å²) in [5, 5.41) is 10.2. The zero-order chi connectivity index (χ0) is 14.0. The van der Waals surface area contributed by atoms with Gasteiger partial charge in [0.2, 0.25) is 10.0 Å². The van der Waals surface area contributed by atoms with Crippen molar-refractivity contribution in [1.29, 1.82) is 0 Å². The van der Waals surface area contributed by atoms with E-state index in [1.54, 1.807) is 20.0 Å². The quantitative estimate of drug-likeness (QED) is 0.725. The molecule has 6 nitrogen and oxygen atoms in total. The lowest BCUT2D eigenvalue weighted by Crippen LogP contribution is -2.29. The maximum Gasteiger partial charge on any atom is 0.246 e. The predicted octanol–water partition coefficient (Wildman–Crippen LogP) is 0.777. The lowest BCUT2D eigenvalue weighted by atomic mass is 10.3. The van der Waals surface area contributed by atoms with Gasteiger partial charge in [0.25, 0.3) is 0 Å². The molecule has 1 fully saturated rings. The largest absolute Gasteiger partial charge is 0.308 e. The summed E-state index contributed by atoms with van der Waals surface area (Å²) in [6.45, 7) is 6.05. The van der Waals surface area contributed by atoms with E-state index in [4.69, 9.17) is 0 Å². The van der Waals surface area contributed by atoms with Crippen molar-refractivity contribution < 1.29 is 8.42 Å². The number of nitrogens with zero attached hydrogens (tertiary/aromatic N) is 2. The minimum atomic E-state index is -3.52. The fourth-order valence-corrected chi connectivity index (χ4v) is 3.36. The van der Waals surface area contributed by atoms with Gasteiger partial charge < -0.3 is 5.32 Å². The van der Waals surface area contributed by atoms with Crippen molar-refractivity contribution in [2.45, 2.75) is 37.2 Å². The zero-order valence-electron chi connectivity index (χ0n) is 11.3. The molecule has 7 heteroatoms. The Labute approximate surface area is 113 Å². The highest BCUT2D eigenvalue weighted by atomic mass is 32.2. The van der Waals surface area contributed by atoms with Crippen molar-refractivity contribution in [2.24, 2.45) is 0 Å². The summed E-state index contributed by atoms with van der Waals surface area (Å²) >= 11 is 0. The number of H-pyrrole nitrogens is 1. The predicted molar refractivity (Wildman–Crippen MR) is 73.2 cm³/mol. The summed E-state index contributed by atoms with van der Waals surface area (Å²) in [6, 6.07) is 0.512. The van der Waals surface area contributed by atoms with E-state index in [2.05, 4.69) is 22.1 Å². The number of sulfonamides is 1. The van der Waals surface area contributed by atoms with Crippen molar-refractivity contribution in [3.05, 3.63) is 24.0 Å². The molecule has 0 bridgehead atoms. The van der Waals surface area contributed by atoms with E-state index in [9.17, 15) is 8.42 Å². The monoisotopic (exact) mass is 284 g/mol. The number of rotatable bonds is 7. The number of nitrogens with one attached hydrogen (secondary N) is 2. The van der Waals surface area contributed by atoms with Gasteiger partial charge in [-0.25, -0.2) is 8.42 Å². The van der Waals surface area contributed by atoms with Crippen LogP contribution in [0.1, 0.15) is 24.2 Å². The molecule has 1 aliphatic rings. The third kappa shape index (κ3) is 3.05. The molecule has 0 atom stereocenters. The standard InChI is InChI=1S/C12H20N4O2S/c1-4-7-16(3)19(17,18)12-9(2)14-15-11(12)8-13-10-5-6-10/h4,10,13H,1,5-8H2,2-3H3,(H,14,15). The first-order valence-corrected chi connectivity index (χ1v) is 7.75. The highest BCUT2D eigenvalue weighted by Gasteiger charge is 2.29. The topological polar surface area (TPSA) is 78.1 Å². The molecule has 1 heterocycles. The van der Waals surface area contributed by atoms with E-state index >= 15 is 0 Å². The van der Waals surface area contributed by atoms with Crippen LogP contribution in [0, 0.1) is 6.92 Å². The van der Waals surface area contributed by atoms with Crippen molar-refractivity contribution in [2.75, 3.05) is 13.6 Å². The van der Waals surface area contributed by atoms with Gasteiger partial charge in [0.05, 0.1) is 11.4 Å². The minimum absolute atomic E-state index is 0.280. The fourth-order valence-electron chi connectivity index (χ4n) is 1.90. The molecule has 0 spiro atoms. The fraction of sp³-hybridized carbons (Fsp3) is 0.583. The Hall–Kier alpha value is -1.18. The molecule has 2 N–H and O–H groups in total. The smallest absolute Gasteiger partial charge is 0.246 e. The lowest BCUT2D eigenvalue weighted by Gasteiger charge is -2.15. The van der Waals surface area contributed by atoms with Gasteiger partial charge in [0, 0.05) is 26.2 Å². The summed E-state index contributed by atoms with van der Waals surface area (Å²) in [4.78, 5) is 0.282. The van der Waals surface area contributed by atoms with Crippen molar-refractivity contribution >= 4 is 10.0 Å². The van der Waals surface area contributed by atoms with Crippen LogP contribution in [0.5, 0.6) is 0 Å². The Balaban J connectivity index is 2.25. The van der Waals surface area contributed by atoms with E-state index in [-0.39, 0.29) is 11.4 Å². The van der Waals surface area contributed by atoms with Gasteiger partial charge >= 0.3 is 0 Å². The molecule has 0 aliphatic heterocycles. The second kappa shape index (κ2) is 5.44. The van der Waals surface area contributed by atoms with Crippen molar-refractivity contribution in [1.82, 2.24) is 19.8 Å². The second-order valence-electron chi connectivity index (χ2n) is 4.85. The van der Waals surface area contributed by atoms with Crippen LogP contribution in [0.15, 0.2) is 17.6 Å². The molecule has 0 radical (unpaired) electrons. The maximum absolute atomic E-state index is 12.5. The molecule has 0 saturated heterocycles. The Morgan fingerprint density at radius 2 is 2.26 bits per heavy atom. The molecule has 19 heavy (non-hydrogen) atoms. The Bertz CT molecular complexity index is 560. The maximum atomic E-state index is 12.5. The molecular formula is C12H20N4O2S. The number of aromatic amines is 1. The first-order valence-electron chi connectivity index (χ1n) is 6.31. The van der Waals surface area contributed by atoms with Crippen LogP contribution in [0.3, 0.4) is 0 Å². The van der Waals surface area contributed by atoms with Crippen LogP contribution in [0.4, 0.5) is 0 Å². The summed E-state index contributed by atoms with van der Waals surface area (Å²) in [5.74, 6) is 0. The molecule has 1 saturated carbocycles. The first-order chi connectivity index (χ1) is 8.96. The molecule has 0 unspecified atom stereocenters. The van der Waals surface area contributed by atoms with Gasteiger partial charge in [-0.15, -0.1) is 6.58 Å². The van der Waals surface area contributed by atoms with Crippen molar-refractivity contribution in [3.8, 4) is 0 Å². The zero-order valence-corrected chi connectivity index (χ0v) is 12.1. The molecule has 1 aliphatic carbocycles. The molecule has 106 valence electrons. The molecule has 2 rings (SSSR count). The van der Waals surface area contributed by atoms with Crippen LogP contribution >= 0.6 is 0 Å². The summed E-state index contributed by atoms with van der Waals surface area (Å²) in [7, 11) is -1.98. The number of hydrogen-bond donors (Lipinski definition) is 2. The molecule has 1 aromatic rings. The lowest BCUT2D eigenvalue weighted by molar-refractivity contribution is 0.497. The van der Waals surface area contributed by atoms with Gasteiger partial charge in [-0.05, 0) is 19.8 Å². The number of aryl methyl sites for hydroxylation is 1. The van der Waals surface area contributed by atoms with Crippen LogP contribution in [-0.2, 0) is 16.6 Å². The molecule has 0 amide bonds. The van der Waals surface area contributed by atoms with Crippen LogP contribution in [0.25, 0.3) is 0 Å². The third-order valence-electron chi connectivity index (χ3n) is 3.15. The van der Waals surface area contributed by atoms with Gasteiger partial charge in [-0.1, -0.05) is 6.08 Å². The van der Waals surface area contributed by atoms with E-state index in [0.29, 0.717) is 24.0 Å². The summed E-state index contributed by atoms with van der Waals surface area (Å²) < 4.78 is 26.2. The number of hydrogen-bond acceptors (Lipinski definition) is 4. The van der Waals surface area contributed by atoms with Gasteiger partial charge in [-0.2, -0.15) is 9.40 Å². The Morgan fingerprint density at radius 1 is 1.58 bits per heavy atom. The number of likely N-dealkylation sites (N-methyl/N-ethyl adjacent to an activating group) is 1.